The Hall–Kier alpha value is -5.51. The third kappa shape index (κ3) is 7.29. The number of nitrogens with zero attached hydrogens (tertiary/aromatic N) is 1. The second-order valence-electron chi connectivity index (χ2n) is 21.5. The smallest absolute Gasteiger partial charge is 0.0601 e. The predicted molar refractivity (Wildman–Crippen MR) is 269 cm³/mol. The van der Waals surface area contributed by atoms with Crippen LogP contribution in [0.4, 0.5) is 0 Å². The number of rotatable bonds is 4. The van der Waals surface area contributed by atoms with E-state index >= 15 is 0 Å². The summed E-state index contributed by atoms with van der Waals surface area (Å²) in [4.78, 5) is 4.85. The second kappa shape index (κ2) is 14.3. The fraction of sp³-hybridized carbons (Fsp3) is 0.276. The summed E-state index contributed by atoms with van der Waals surface area (Å²) >= 11 is 5.51. The van der Waals surface area contributed by atoms with E-state index in [0.29, 0.717) is 0 Å². The summed E-state index contributed by atoms with van der Waals surface area (Å²) in [5, 5.41) is 4.96. The molecule has 9 rings (SSSR count). The number of aromatic amines is 1. The molecule has 0 radical (unpaired) electrons. The summed E-state index contributed by atoms with van der Waals surface area (Å²) in [7, 11) is 0. The van der Waals surface area contributed by atoms with Crippen LogP contribution >= 0.6 is 12.6 Å². The van der Waals surface area contributed by atoms with Gasteiger partial charge in [-0.25, -0.2) is 0 Å². The maximum atomic E-state index is 5.51. The van der Waals surface area contributed by atoms with Crippen LogP contribution in [-0.2, 0) is 21.7 Å². The molecule has 0 spiro atoms. The van der Waals surface area contributed by atoms with Gasteiger partial charge < -0.3 is 9.55 Å². The largest absolute Gasteiger partial charge is 0.354 e. The van der Waals surface area contributed by atoms with Crippen molar-refractivity contribution in [1.82, 2.24) is 9.55 Å². The fourth-order valence-corrected chi connectivity index (χ4v) is 9.40. The molecule has 2 nitrogen and oxygen atoms in total. The van der Waals surface area contributed by atoms with E-state index in [9.17, 15) is 0 Å². The molecule has 0 aliphatic carbocycles. The van der Waals surface area contributed by atoms with Gasteiger partial charge in [0, 0.05) is 37.5 Å². The summed E-state index contributed by atoms with van der Waals surface area (Å²) < 4.78 is 2.43. The monoisotopic (exact) mass is 816 g/mol. The molecule has 0 aliphatic heterocycles. The molecule has 2 heterocycles. The highest BCUT2D eigenvalue weighted by molar-refractivity contribution is 7.80. The van der Waals surface area contributed by atoms with Crippen molar-refractivity contribution in [3.8, 4) is 39.1 Å². The molecule has 0 saturated heterocycles. The van der Waals surface area contributed by atoms with Gasteiger partial charge in [0.05, 0.1) is 22.2 Å². The molecular formula is C58H60N2S. The third-order valence-corrected chi connectivity index (χ3v) is 13.4. The lowest BCUT2D eigenvalue weighted by molar-refractivity contribution is 0.590. The van der Waals surface area contributed by atoms with Crippen LogP contribution in [0.5, 0.6) is 0 Å². The van der Waals surface area contributed by atoms with E-state index in [1.807, 2.05) is 0 Å². The number of H-pyrrole nitrogens is 1. The summed E-state index contributed by atoms with van der Waals surface area (Å²) in [5.41, 5.74) is 18.3. The Kier molecular flexibility index (Phi) is 9.57. The number of aromatic nitrogens is 2. The van der Waals surface area contributed by atoms with Crippen molar-refractivity contribution < 1.29 is 0 Å². The Labute approximate surface area is 368 Å². The minimum atomic E-state index is 0.0273. The van der Waals surface area contributed by atoms with Crippen molar-refractivity contribution in [2.75, 3.05) is 0 Å². The standard InChI is InChI=1S/C58H60N2S/c1-55(2,3)39-21-16-35(17-22-39)37-20-27-49-44(30-37)48-32-38(36-18-23-40(24-19-36)56(4,5)6)31-47(53(48)59-49)43-14-13-15-52(54(43)61)60-50-28-25-41(57(7,8)9)33-45(50)46-34-42(58(10,11)12)26-29-51(46)60/h13-34,59,61H,1-12H3. The zero-order chi connectivity index (χ0) is 43.4. The van der Waals surface area contributed by atoms with E-state index in [1.165, 1.54) is 77.1 Å². The normalized spacial score (nSPS) is 13.0. The van der Waals surface area contributed by atoms with E-state index in [0.717, 1.165) is 32.7 Å². The van der Waals surface area contributed by atoms with E-state index in [1.54, 1.807) is 0 Å². The van der Waals surface area contributed by atoms with Gasteiger partial charge in [-0.1, -0.05) is 162 Å². The van der Waals surface area contributed by atoms with Crippen LogP contribution in [0, 0.1) is 0 Å². The minimum absolute atomic E-state index is 0.0273. The highest BCUT2D eigenvalue weighted by Crippen LogP contribution is 2.44. The molecule has 0 unspecified atom stereocenters. The van der Waals surface area contributed by atoms with Crippen molar-refractivity contribution in [3.63, 3.8) is 0 Å². The quantitative estimate of drug-likeness (QED) is 0.165. The Morgan fingerprint density at radius 3 is 1.36 bits per heavy atom. The molecule has 7 aromatic carbocycles. The molecule has 0 atom stereocenters. The van der Waals surface area contributed by atoms with Gasteiger partial charge in [-0.15, -0.1) is 12.6 Å². The lowest BCUT2D eigenvalue weighted by atomic mass is 9.85. The molecule has 3 heteroatoms. The van der Waals surface area contributed by atoms with Gasteiger partial charge in [0.25, 0.3) is 0 Å². The summed E-state index contributed by atoms with van der Waals surface area (Å²) in [5.74, 6) is 0. The van der Waals surface area contributed by atoms with Crippen molar-refractivity contribution >= 4 is 56.2 Å². The Morgan fingerprint density at radius 2 is 0.852 bits per heavy atom. The van der Waals surface area contributed by atoms with E-state index in [4.69, 9.17) is 12.6 Å². The second-order valence-corrected chi connectivity index (χ2v) is 21.9. The number of benzene rings is 7. The molecular weight excluding hydrogens is 757 g/mol. The Balaban J connectivity index is 1.28. The molecule has 2 aromatic heterocycles. The minimum Gasteiger partial charge on any atom is -0.354 e. The van der Waals surface area contributed by atoms with Gasteiger partial charge in [-0.2, -0.15) is 0 Å². The summed E-state index contributed by atoms with van der Waals surface area (Å²) in [6.07, 6.45) is 0. The lowest BCUT2D eigenvalue weighted by Crippen LogP contribution is -2.10. The van der Waals surface area contributed by atoms with Gasteiger partial charge >= 0.3 is 0 Å². The highest BCUT2D eigenvalue weighted by atomic mass is 32.1. The average molecular weight is 817 g/mol. The first kappa shape index (κ1) is 40.9. The number of hydrogen-bond donors (Lipinski definition) is 2. The van der Waals surface area contributed by atoms with E-state index in [2.05, 4.69) is 226 Å². The molecule has 308 valence electrons. The Bertz CT molecular complexity index is 3070. The van der Waals surface area contributed by atoms with Crippen molar-refractivity contribution in [2.24, 2.45) is 0 Å². The van der Waals surface area contributed by atoms with E-state index < -0.39 is 0 Å². The molecule has 61 heavy (non-hydrogen) atoms. The summed E-state index contributed by atoms with van der Waals surface area (Å²) in [6, 6.07) is 50.6. The first-order chi connectivity index (χ1) is 28.7. The number of thiol groups is 1. The maximum absolute atomic E-state index is 5.51. The van der Waals surface area contributed by atoms with E-state index in [-0.39, 0.29) is 21.7 Å². The number of fused-ring (bicyclic) bond motifs is 6. The predicted octanol–water partition coefficient (Wildman–Crippen LogP) is 16.9. The van der Waals surface area contributed by atoms with Crippen molar-refractivity contribution in [2.45, 2.75) is 110 Å². The lowest BCUT2D eigenvalue weighted by Gasteiger charge is -2.20. The zero-order valence-electron chi connectivity index (χ0n) is 38.1. The van der Waals surface area contributed by atoms with Gasteiger partial charge in [0.1, 0.15) is 0 Å². The molecule has 0 aliphatic rings. The third-order valence-electron chi connectivity index (χ3n) is 12.9. The van der Waals surface area contributed by atoms with Gasteiger partial charge in [-0.3, -0.25) is 0 Å². The highest BCUT2D eigenvalue weighted by Gasteiger charge is 2.24. The molecule has 0 amide bonds. The molecule has 0 fully saturated rings. The maximum Gasteiger partial charge on any atom is 0.0601 e. The first-order valence-electron chi connectivity index (χ1n) is 21.9. The fourth-order valence-electron chi connectivity index (χ4n) is 9.03. The number of hydrogen-bond acceptors (Lipinski definition) is 1. The first-order valence-corrected chi connectivity index (χ1v) is 22.3. The topological polar surface area (TPSA) is 20.7 Å². The van der Waals surface area contributed by atoms with Crippen LogP contribution in [0.15, 0.2) is 138 Å². The van der Waals surface area contributed by atoms with Crippen LogP contribution in [0.25, 0.3) is 82.7 Å². The summed E-state index contributed by atoms with van der Waals surface area (Å²) in [6.45, 7) is 27.4. The molecule has 9 aromatic rings. The van der Waals surface area contributed by atoms with Gasteiger partial charge in [0.2, 0.25) is 0 Å². The van der Waals surface area contributed by atoms with Crippen molar-refractivity contribution in [3.05, 3.63) is 156 Å². The van der Waals surface area contributed by atoms with Crippen LogP contribution in [0.1, 0.15) is 105 Å². The van der Waals surface area contributed by atoms with Crippen LogP contribution in [-0.4, -0.2) is 9.55 Å². The number of nitrogens with one attached hydrogen (secondary N) is 1. The van der Waals surface area contributed by atoms with Gasteiger partial charge in [0.15, 0.2) is 0 Å². The SMILES string of the molecule is CC(C)(C)c1ccc(-c2ccc3[nH]c4c(-c5cccc(-n6c7ccc(C(C)(C)C)cc7c7cc(C(C)(C)C)ccc76)c5S)cc(-c5ccc(C(C)(C)C)cc5)cc4c3c2)cc1. The Morgan fingerprint density at radius 1 is 0.393 bits per heavy atom. The molecule has 0 bridgehead atoms. The molecule has 1 N–H and O–H groups in total. The van der Waals surface area contributed by atoms with Gasteiger partial charge in [-0.05, 0) is 126 Å². The van der Waals surface area contributed by atoms with Crippen LogP contribution < -0.4 is 0 Å². The van der Waals surface area contributed by atoms with Crippen LogP contribution in [0.3, 0.4) is 0 Å². The average Bonchev–Trinajstić information content (AvgIpc) is 3.74. The zero-order valence-corrected chi connectivity index (χ0v) is 39.0. The van der Waals surface area contributed by atoms with Crippen LogP contribution in [0.2, 0.25) is 0 Å². The molecule has 0 saturated carbocycles. The van der Waals surface area contributed by atoms with Crippen molar-refractivity contribution in [1.29, 1.82) is 0 Å².